The molecule has 0 saturated carbocycles. The van der Waals surface area contributed by atoms with E-state index in [1.165, 1.54) is 4.88 Å². The molecule has 19 heavy (non-hydrogen) atoms. The van der Waals surface area contributed by atoms with Crippen LogP contribution in [0.4, 0.5) is 0 Å². The van der Waals surface area contributed by atoms with Crippen LogP contribution in [0.15, 0.2) is 41.1 Å². The Morgan fingerprint density at radius 1 is 1.32 bits per heavy atom. The van der Waals surface area contributed by atoms with Crippen LogP contribution in [0.2, 0.25) is 0 Å². The highest BCUT2D eigenvalue weighted by Gasteiger charge is 2.14. The van der Waals surface area contributed by atoms with Gasteiger partial charge in [-0.05, 0) is 19.1 Å². The van der Waals surface area contributed by atoms with Crippen molar-refractivity contribution in [3.8, 4) is 22.1 Å². The van der Waals surface area contributed by atoms with E-state index in [4.69, 9.17) is 4.98 Å². The fourth-order valence-electron chi connectivity index (χ4n) is 1.97. The van der Waals surface area contributed by atoms with E-state index in [1.54, 1.807) is 17.5 Å². The highest BCUT2D eigenvalue weighted by atomic mass is 79.9. The maximum Gasteiger partial charge on any atom is 0.168 e. The Kier molecular flexibility index (Phi) is 3.24. The van der Waals surface area contributed by atoms with Crippen molar-refractivity contribution in [2.75, 3.05) is 0 Å². The first-order valence-electron chi connectivity index (χ1n) is 5.86. The molecule has 0 amide bonds. The fraction of sp³-hybridized carbons (Fsp3) is 0.143. The third-order valence-corrected chi connectivity index (χ3v) is 4.37. The molecule has 0 fully saturated rings. The van der Waals surface area contributed by atoms with Crippen LogP contribution >= 0.6 is 27.3 Å². The molecule has 3 nitrogen and oxygen atoms in total. The molecule has 2 aromatic heterocycles. The Balaban J connectivity index is 2.10. The lowest BCUT2D eigenvalue weighted by Crippen LogP contribution is -1.90. The number of hydrogen-bond acceptors (Lipinski definition) is 3. The normalized spacial score (nSPS) is 10.9. The molecular weight excluding hydrogens is 322 g/mol. The van der Waals surface area contributed by atoms with Gasteiger partial charge in [-0.1, -0.05) is 28.1 Å². The van der Waals surface area contributed by atoms with E-state index in [0.717, 1.165) is 26.6 Å². The minimum absolute atomic E-state index is 0.911. The van der Waals surface area contributed by atoms with Crippen LogP contribution in [0.5, 0.6) is 0 Å². The number of aromatic nitrogens is 3. The maximum atomic E-state index is 4.74. The number of halogens is 1. The van der Waals surface area contributed by atoms with E-state index in [1.807, 2.05) is 29.9 Å². The van der Waals surface area contributed by atoms with Gasteiger partial charge in [-0.25, -0.2) is 9.97 Å². The Bertz CT molecular complexity index is 730. The van der Waals surface area contributed by atoms with Crippen molar-refractivity contribution >= 4 is 27.3 Å². The van der Waals surface area contributed by atoms with Gasteiger partial charge < -0.3 is 4.57 Å². The van der Waals surface area contributed by atoms with Crippen molar-refractivity contribution < 1.29 is 0 Å². The Morgan fingerprint density at radius 3 is 2.84 bits per heavy atom. The first kappa shape index (κ1) is 12.6. The second kappa shape index (κ2) is 4.90. The molecule has 0 N–H and O–H groups in total. The zero-order valence-electron chi connectivity index (χ0n) is 10.6. The van der Waals surface area contributed by atoms with E-state index in [9.17, 15) is 0 Å². The average molecular weight is 334 g/mol. The topological polar surface area (TPSA) is 30.7 Å². The Labute approximate surface area is 124 Å². The highest BCUT2D eigenvalue weighted by Crippen LogP contribution is 2.33. The predicted molar refractivity (Wildman–Crippen MR) is 82.2 cm³/mol. The lowest BCUT2D eigenvalue weighted by molar-refractivity contribution is 0.923. The highest BCUT2D eigenvalue weighted by molar-refractivity contribution is 9.10. The summed E-state index contributed by atoms with van der Waals surface area (Å²) in [4.78, 5) is 10.3. The minimum atomic E-state index is 0.911. The molecule has 0 atom stereocenters. The van der Waals surface area contributed by atoms with E-state index >= 15 is 0 Å². The molecule has 96 valence electrons. The summed E-state index contributed by atoms with van der Waals surface area (Å²) in [6.45, 7) is 2.10. The number of benzene rings is 1. The molecule has 3 rings (SSSR count). The number of aryl methyl sites for hydroxylation is 2. The second-order valence-corrected chi connectivity index (χ2v) is 6.41. The van der Waals surface area contributed by atoms with Gasteiger partial charge in [0.25, 0.3) is 0 Å². The molecule has 3 aromatic rings. The van der Waals surface area contributed by atoms with Gasteiger partial charge in [0.2, 0.25) is 0 Å². The average Bonchev–Trinajstić information content (AvgIpc) is 2.95. The summed E-state index contributed by atoms with van der Waals surface area (Å²) < 4.78 is 3.05. The van der Waals surface area contributed by atoms with Gasteiger partial charge in [0.05, 0.1) is 5.69 Å². The second-order valence-electron chi connectivity index (χ2n) is 4.30. The largest absolute Gasteiger partial charge is 0.332 e. The van der Waals surface area contributed by atoms with Gasteiger partial charge in [-0.2, -0.15) is 0 Å². The lowest BCUT2D eigenvalue weighted by Gasteiger charge is -1.99. The van der Waals surface area contributed by atoms with Crippen LogP contribution < -0.4 is 0 Å². The number of thiazole rings is 1. The molecule has 0 aliphatic carbocycles. The number of imidazole rings is 1. The van der Waals surface area contributed by atoms with Crippen LogP contribution in [-0.2, 0) is 7.05 Å². The molecule has 0 unspecified atom stereocenters. The van der Waals surface area contributed by atoms with Gasteiger partial charge in [0.15, 0.2) is 10.8 Å². The van der Waals surface area contributed by atoms with Crippen LogP contribution in [0.1, 0.15) is 4.88 Å². The lowest BCUT2D eigenvalue weighted by atomic mass is 10.1. The summed E-state index contributed by atoms with van der Waals surface area (Å²) in [6, 6.07) is 8.21. The van der Waals surface area contributed by atoms with E-state index in [0.29, 0.717) is 0 Å². The molecular formula is C14H12BrN3S. The third kappa shape index (κ3) is 2.35. The number of rotatable bonds is 2. The fourth-order valence-corrected chi connectivity index (χ4v) is 3.34. The van der Waals surface area contributed by atoms with Gasteiger partial charge >= 0.3 is 0 Å². The van der Waals surface area contributed by atoms with Crippen molar-refractivity contribution in [2.24, 2.45) is 7.05 Å². The summed E-state index contributed by atoms with van der Waals surface area (Å²) in [5.41, 5.74) is 2.16. The first-order chi connectivity index (χ1) is 9.15. The van der Waals surface area contributed by atoms with E-state index in [2.05, 4.69) is 40.0 Å². The summed E-state index contributed by atoms with van der Waals surface area (Å²) >= 11 is 5.18. The summed E-state index contributed by atoms with van der Waals surface area (Å²) in [6.07, 6.45) is 3.73. The zero-order chi connectivity index (χ0) is 13.4. The SMILES string of the molecule is Cc1sc(-c2nccn2C)nc1-c1cccc(Br)c1. The van der Waals surface area contributed by atoms with Gasteiger partial charge in [-0.3, -0.25) is 0 Å². The predicted octanol–water partition coefficient (Wildman–Crippen LogP) is 4.28. The molecule has 2 heterocycles. The Hall–Kier alpha value is -1.46. The molecule has 0 aliphatic rings. The van der Waals surface area contributed by atoms with Crippen LogP contribution in [0.25, 0.3) is 22.1 Å². The van der Waals surface area contributed by atoms with Crippen molar-refractivity contribution in [3.63, 3.8) is 0 Å². The maximum absolute atomic E-state index is 4.74. The third-order valence-electron chi connectivity index (χ3n) is 2.91. The summed E-state index contributed by atoms with van der Waals surface area (Å²) in [5.74, 6) is 0.911. The Morgan fingerprint density at radius 2 is 2.16 bits per heavy atom. The quantitative estimate of drug-likeness (QED) is 0.700. The van der Waals surface area contributed by atoms with Crippen molar-refractivity contribution in [1.29, 1.82) is 0 Å². The standard InChI is InChI=1S/C14H12BrN3S/c1-9-12(10-4-3-5-11(15)8-10)17-14(19-9)13-16-6-7-18(13)2/h3-8H,1-2H3. The monoisotopic (exact) mass is 333 g/mol. The molecule has 0 saturated heterocycles. The van der Waals surface area contributed by atoms with Crippen LogP contribution in [-0.4, -0.2) is 14.5 Å². The smallest absolute Gasteiger partial charge is 0.168 e. The van der Waals surface area contributed by atoms with Gasteiger partial charge in [0.1, 0.15) is 0 Å². The van der Waals surface area contributed by atoms with Crippen molar-refractivity contribution in [2.45, 2.75) is 6.92 Å². The van der Waals surface area contributed by atoms with Crippen molar-refractivity contribution in [3.05, 3.63) is 46.0 Å². The van der Waals surface area contributed by atoms with Crippen molar-refractivity contribution in [1.82, 2.24) is 14.5 Å². The number of nitrogens with zero attached hydrogens (tertiary/aromatic N) is 3. The minimum Gasteiger partial charge on any atom is -0.332 e. The summed E-state index contributed by atoms with van der Waals surface area (Å²) in [7, 11) is 1.98. The molecule has 0 bridgehead atoms. The molecule has 0 aliphatic heterocycles. The summed E-state index contributed by atoms with van der Waals surface area (Å²) in [5, 5.41) is 0.958. The molecule has 5 heteroatoms. The molecule has 0 radical (unpaired) electrons. The molecule has 1 aromatic carbocycles. The number of hydrogen-bond donors (Lipinski definition) is 0. The first-order valence-corrected chi connectivity index (χ1v) is 7.47. The van der Waals surface area contributed by atoms with E-state index in [-0.39, 0.29) is 0 Å². The van der Waals surface area contributed by atoms with Gasteiger partial charge in [-0.15, -0.1) is 11.3 Å². The van der Waals surface area contributed by atoms with Crippen LogP contribution in [0.3, 0.4) is 0 Å². The van der Waals surface area contributed by atoms with Crippen LogP contribution in [0, 0.1) is 6.92 Å². The molecule has 0 spiro atoms. The zero-order valence-corrected chi connectivity index (χ0v) is 13.0. The van der Waals surface area contributed by atoms with Gasteiger partial charge in [0, 0.05) is 34.4 Å². The van der Waals surface area contributed by atoms with E-state index < -0.39 is 0 Å².